The van der Waals surface area contributed by atoms with Gasteiger partial charge < -0.3 is 10.6 Å². The van der Waals surface area contributed by atoms with E-state index in [1.54, 1.807) is 0 Å². The third-order valence-corrected chi connectivity index (χ3v) is 4.08. The lowest BCUT2D eigenvalue weighted by atomic mass is 10.1. The predicted molar refractivity (Wildman–Crippen MR) is 97.7 cm³/mol. The van der Waals surface area contributed by atoms with Gasteiger partial charge in [-0.25, -0.2) is 0 Å². The topological polar surface area (TPSA) is 47.9 Å². The molecular weight excluding hydrogens is 402 g/mol. The predicted octanol–water partition coefficient (Wildman–Crippen LogP) is 5.45. The molecule has 1 rings (SSSR count). The van der Waals surface area contributed by atoms with Gasteiger partial charge in [0.2, 0.25) is 0 Å². The van der Waals surface area contributed by atoms with Gasteiger partial charge in [-0.15, -0.1) is 0 Å². The molecule has 110 valence electrons. The zero-order chi connectivity index (χ0) is 15.0. The Labute approximate surface area is 142 Å². The van der Waals surface area contributed by atoms with Crippen molar-refractivity contribution in [3.05, 3.63) is 27.1 Å². The van der Waals surface area contributed by atoms with Gasteiger partial charge in [0, 0.05) is 15.4 Å². The molecule has 0 saturated heterocycles. The van der Waals surface area contributed by atoms with Gasteiger partial charge in [-0.2, -0.15) is 0 Å². The number of amidine groups is 1. The molecule has 1 aromatic rings. The van der Waals surface area contributed by atoms with Crippen LogP contribution in [0.3, 0.4) is 0 Å². The molecule has 0 bridgehead atoms. The molecule has 0 aliphatic heterocycles. The molecule has 0 fully saturated rings. The number of anilines is 1. The maximum atomic E-state index is 7.85. The zero-order valence-electron chi connectivity index (χ0n) is 11.4. The van der Waals surface area contributed by atoms with Crippen LogP contribution in [0, 0.1) is 5.41 Å². The van der Waals surface area contributed by atoms with Crippen molar-refractivity contribution >= 4 is 60.7 Å². The van der Waals surface area contributed by atoms with Crippen molar-refractivity contribution in [3.63, 3.8) is 0 Å². The summed E-state index contributed by atoms with van der Waals surface area (Å²) in [5.41, 5.74) is 0.879. The molecule has 0 spiro atoms. The van der Waals surface area contributed by atoms with E-state index in [2.05, 4.69) is 49.4 Å². The fourth-order valence-corrected chi connectivity index (χ4v) is 3.05. The summed E-state index contributed by atoms with van der Waals surface area (Å²) in [5, 5.41) is 14.3. The molecule has 0 atom stereocenters. The van der Waals surface area contributed by atoms with E-state index in [0.29, 0.717) is 10.9 Å². The minimum atomic E-state index is 0.452. The first-order valence-electron chi connectivity index (χ1n) is 6.63. The Balaban J connectivity index is 2.37. The average molecular weight is 421 g/mol. The number of halogens is 2. The fourth-order valence-electron chi connectivity index (χ4n) is 1.67. The van der Waals surface area contributed by atoms with E-state index in [1.165, 1.54) is 19.3 Å². The van der Waals surface area contributed by atoms with Gasteiger partial charge in [-0.05, 0) is 52.8 Å². The van der Waals surface area contributed by atoms with Crippen molar-refractivity contribution in [2.24, 2.45) is 0 Å². The van der Waals surface area contributed by atoms with E-state index in [0.717, 1.165) is 27.5 Å². The van der Waals surface area contributed by atoms with E-state index in [4.69, 9.17) is 17.6 Å². The average Bonchev–Trinajstić information content (AvgIpc) is 2.38. The van der Waals surface area contributed by atoms with Crippen molar-refractivity contribution in [1.82, 2.24) is 5.32 Å². The lowest BCUT2D eigenvalue weighted by Crippen LogP contribution is -2.33. The monoisotopic (exact) mass is 419 g/mol. The number of hydrogen-bond acceptors (Lipinski definition) is 2. The number of rotatable bonds is 6. The first kappa shape index (κ1) is 17.6. The first-order chi connectivity index (χ1) is 9.52. The van der Waals surface area contributed by atoms with Gasteiger partial charge in [-0.3, -0.25) is 5.41 Å². The van der Waals surface area contributed by atoms with E-state index in [-0.39, 0.29) is 0 Å². The highest BCUT2D eigenvalue weighted by Gasteiger charge is 2.04. The van der Waals surface area contributed by atoms with Crippen LogP contribution >= 0.6 is 44.1 Å². The Hall–Kier alpha value is -0.460. The normalized spacial score (nSPS) is 10.2. The zero-order valence-corrected chi connectivity index (χ0v) is 15.4. The summed E-state index contributed by atoms with van der Waals surface area (Å²) in [6.07, 6.45) is 5.37. The van der Waals surface area contributed by atoms with Gasteiger partial charge in [0.15, 0.2) is 5.11 Å². The van der Waals surface area contributed by atoms with Crippen LogP contribution in [0.4, 0.5) is 5.69 Å². The van der Waals surface area contributed by atoms with Crippen LogP contribution < -0.4 is 10.6 Å². The molecule has 0 radical (unpaired) electrons. The van der Waals surface area contributed by atoms with Gasteiger partial charge in [0.1, 0.15) is 0 Å². The number of nitrogens with one attached hydrogen (secondary N) is 3. The molecule has 0 aliphatic carbocycles. The summed E-state index contributed by atoms with van der Waals surface area (Å²) < 4.78 is 1.92. The highest BCUT2D eigenvalue weighted by molar-refractivity contribution is 9.11. The Morgan fingerprint density at radius 3 is 2.65 bits per heavy atom. The quantitative estimate of drug-likeness (QED) is 0.248. The Kier molecular flexibility index (Phi) is 8.33. The number of unbranched alkanes of at least 4 members (excludes halogenated alkanes) is 3. The molecule has 0 aromatic heterocycles. The van der Waals surface area contributed by atoms with E-state index < -0.39 is 0 Å². The smallest absolute Gasteiger partial charge is 0.176 e. The molecule has 0 unspecified atom stereocenters. The van der Waals surface area contributed by atoms with Crippen LogP contribution in [-0.2, 0) is 0 Å². The van der Waals surface area contributed by atoms with Gasteiger partial charge in [0.25, 0.3) is 0 Å². The number of benzene rings is 1. The maximum Gasteiger partial charge on any atom is 0.176 e. The summed E-state index contributed by atoms with van der Waals surface area (Å²) in [5.74, 6) is 0.465. The van der Waals surface area contributed by atoms with Crippen molar-refractivity contribution in [2.75, 3.05) is 5.32 Å². The van der Waals surface area contributed by atoms with Crippen LogP contribution in [0.1, 0.15) is 39.0 Å². The maximum absolute atomic E-state index is 7.85. The van der Waals surface area contributed by atoms with E-state index in [1.807, 2.05) is 18.2 Å². The van der Waals surface area contributed by atoms with Crippen molar-refractivity contribution in [2.45, 2.75) is 39.0 Å². The highest BCUT2D eigenvalue weighted by atomic mass is 79.9. The van der Waals surface area contributed by atoms with Gasteiger partial charge in [-0.1, -0.05) is 42.1 Å². The molecule has 3 N–H and O–H groups in total. The summed E-state index contributed by atoms with van der Waals surface area (Å²) in [6.45, 7) is 2.18. The molecule has 6 heteroatoms. The molecule has 3 nitrogen and oxygen atoms in total. The van der Waals surface area contributed by atoms with Crippen LogP contribution in [0.25, 0.3) is 0 Å². The molecule has 0 saturated carbocycles. The van der Waals surface area contributed by atoms with Crippen LogP contribution in [0.15, 0.2) is 27.1 Å². The van der Waals surface area contributed by atoms with Gasteiger partial charge in [0.05, 0.1) is 11.5 Å². The number of hydrogen-bond donors (Lipinski definition) is 3. The third kappa shape index (κ3) is 6.81. The van der Waals surface area contributed by atoms with Crippen molar-refractivity contribution in [3.8, 4) is 0 Å². The van der Waals surface area contributed by atoms with E-state index in [9.17, 15) is 0 Å². The summed E-state index contributed by atoms with van der Waals surface area (Å²) in [4.78, 5) is 0. The largest absolute Gasteiger partial charge is 0.331 e. The van der Waals surface area contributed by atoms with Crippen LogP contribution in [-0.4, -0.2) is 10.9 Å². The Morgan fingerprint density at radius 2 is 2.00 bits per heavy atom. The summed E-state index contributed by atoms with van der Waals surface area (Å²) >= 11 is 12.1. The standard InChI is InChI=1S/C14H19Br2N3S/c1-2-3-4-5-6-13(17)19-14(20)18-12-8-7-10(15)9-11(12)16/h7-9H,2-6H2,1H3,(H3,17,18,19,20). The lowest BCUT2D eigenvalue weighted by Gasteiger charge is -2.12. The fraction of sp³-hybridized carbons (Fsp3) is 0.429. The second-order valence-electron chi connectivity index (χ2n) is 4.49. The second kappa shape index (κ2) is 9.47. The highest BCUT2D eigenvalue weighted by Crippen LogP contribution is 2.25. The number of thiocarbonyl (C=S) groups is 1. The molecular formula is C14H19Br2N3S. The van der Waals surface area contributed by atoms with Crippen molar-refractivity contribution < 1.29 is 0 Å². The minimum Gasteiger partial charge on any atom is -0.331 e. The third-order valence-electron chi connectivity index (χ3n) is 2.72. The molecule has 20 heavy (non-hydrogen) atoms. The second-order valence-corrected chi connectivity index (χ2v) is 6.67. The summed E-state index contributed by atoms with van der Waals surface area (Å²) in [6, 6.07) is 5.81. The SMILES string of the molecule is CCCCCCC(=N)NC(=S)Nc1ccc(Br)cc1Br. The molecule has 0 aliphatic rings. The van der Waals surface area contributed by atoms with Crippen LogP contribution in [0.2, 0.25) is 0 Å². The molecule has 0 heterocycles. The lowest BCUT2D eigenvalue weighted by molar-refractivity contribution is 0.679. The Morgan fingerprint density at radius 1 is 1.25 bits per heavy atom. The first-order valence-corrected chi connectivity index (χ1v) is 8.63. The molecule has 1 aromatic carbocycles. The van der Waals surface area contributed by atoms with E-state index >= 15 is 0 Å². The summed E-state index contributed by atoms with van der Waals surface area (Å²) in [7, 11) is 0. The Bertz CT molecular complexity index is 477. The van der Waals surface area contributed by atoms with Crippen LogP contribution in [0.5, 0.6) is 0 Å². The molecule has 0 amide bonds. The van der Waals surface area contributed by atoms with Gasteiger partial charge >= 0.3 is 0 Å². The minimum absolute atomic E-state index is 0.452. The van der Waals surface area contributed by atoms with Crippen molar-refractivity contribution in [1.29, 1.82) is 5.41 Å².